The molecule has 106 valence electrons. The Morgan fingerprint density at radius 1 is 0.833 bits per heavy atom. The van der Waals surface area contributed by atoms with Crippen molar-refractivity contribution >= 4 is 11.9 Å². The molecule has 0 bridgehead atoms. The fraction of sp³-hybridized carbons (Fsp3) is 0.833. The first-order valence-corrected chi connectivity index (χ1v) is 6.17. The summed E-state index contributed by atoms with van der Waals surface area (Å²) in [5, 5.41) is 0. The maximum Gasteiger partial charge on any atom is 0.372 e. The molecule has 0 fully saturated rings. The predicted molar refractivity (Wildman–Crippen MR) is 67.0 cm³/mol. The van der Waals surface area contributed by atoms with Gasteiger partial charge in [-0.25, -0.2) is 19.4 Å². The summed E-state index contributed by atoms with van der Waals surface area (Å²) >= 11 is 0. The van der Waals surface area contributed by atoms with E-state index in [1.54, 1.807) is 0 Å². The van der Waals surface area contributed by atoms with Crippen LogP contribution in [0.4, 0.5) is 0 Å². The average molecular weight is 260 g/mol. The van der Waals surface area contributed by atoms with Crippen LogP contribution >= 0.6 is 0 Å². The Hall–Kier alpha value is -1.14. The van der Waals surface area contributed by atoms with E-state index in [4.69, 9.17) is 11.5 Å². The van der Waals surface area contributed by atoms with E-state index in [0.29, 0.717) is 12.8 Å². The van der Waals surface area contributed by atoms with Gasteiger partial charge in [-0.15, -0.1) is 0 Å². The van der Waals surface area contributed by atoms with Crippen molar-refractivity contribution in [3.8, 4) is 0 Å². The van der Waals surface area contributed by atoms with Crippen molar-refractivity contribution < 1.29 is 19.4 Å². The molecule has 6 nitrogen and oxygen atoms in total. The Labute approximate surface area is 108 Å². The van der Waals surface area contributed by atoms with Gasteiger partial charge in [0, 0.05) is 0 Å². The Kier molecular flexibility index (Phi) is 7.54. The molecule has 0 aromatic carbocycles. The molecule has 18 heavy (non-hydrogen) atoms. The lowest BCUT2D eigenvalue weighted by molar-refractivity contribution is -0.261. The largest absolute Gasteiger partial charge is 0.372 e. The van der Waals surface area contributed by atoms with Gasteiger partial charge >= 0.3 is 11.9 Å². The van der Waals surface area contributed by atoms with Crippen molar-refractivity contribution in [3.05, 3.63) is 0 Å². The van der Waals surface area contributed by atoms with Gasteiger partial charge < -0.3 is 11.5 Å². The van der Waals surface area contributed by atoms with Crippen LogP contribution in [0.2, 0.25) is 0 Å². The minimum absolute atomic E-state index is 0.256. The summed E-state index contributed by atoms with van der Waals surface area (Å²) in [6.07, 6.45) is 0.933. The quantitative estimate of drug-likeness (QED) is 0.539. The summed E-state index contributed by atoms with van der Waals surface area (Å²) in [4.78, 5) is 31.5. The van der Waals surface area contributed by atoms with Gasteiger partial charge in [0.15, 0.2) is 0 Å². The van der Waals surface area contributed by atoms with Crippen LogP contribution in [-0.4, -0.2) is 24.0 Å². The maximum atomic E-state index is 11.4. The summed E-state index contributed by atoms with van der Waals surface area (Å²) in [7, 11) is 0. The van der Waals surface area contributed by atoms with Gasteiger partial charge in [0.2, 0.25) is 0 Å². The van der Waals surface area contributed by atoms with Crippen molar-refractivity contribution in [2.75, 3.05) is 0 Å². The number of carbonyl (C=O) groups excluding carboxylic acids is 2. The fourth-order valence-corrected chi connectivity index (χ4v) is 1.41. The molecule has 0 heterocycles. The zero-order valence-corrected chi connectivity index (χ0v) is 11.5. The number of hydrogen-bond acceptors (Lipinski definition) is 6. The SMILES string of the molecule is CC(C)C[C@H](N)C(=O)OOC(=O)[C@@H](N)CC(C)C. The lowest BCUT2D eigenvalue weighted by Crippen LogP contribution is -2.37. The van der Waals surface area contributed by atoms with E-state index in [1.807, 2.05) is 27.7 Å². The molecule has 0 saturated heterocycles. The highest BCUT2D eigenvalue weighted by Crippen LogP contribution is 2.06. The van der Waals surface area contributed by atoms with Crippen molar-refractivity contribution in [1.29, 1.82) is 0 Å². The van der Waals surface area contributed by atoms with E-state index in [2.05, 4.69) is 9.78 Å². The first-order valence-electron chi connectivity index (χ1n) is 6.17. The molecule has 0 aliphatic heterocycles. The second kappa shape index (κ2) is 8.05. The van der Waals surface area contributed by atoms with Crippen LogP contribution in [0.25, 0.3) is 0 Å². The van der Waals surface area contributed by atoms with Crippen LogP contribution in [0.1, 0.15) is 40.5 Å². The first-order chi connectivity index (χ1) is 8.23. The monoisotopic (exact) mass is 260 g/mol. The van der Waals surface area contributed by atoms with E-state index < -0.39 is 24.0 Å². The summed E-state index contributed by atoms with van der Waals surface area (Å²) in [5.74, 6) is -1.000. The summed E-state index contributed by atoms with van der Waals surface area (Å²) in [6, 6.07) is -1.58. The van der Waals surface area contributed by atoms with Crippen molar-refractivity contribution in [3.63, 3.8) is 0 Å². The Balaban J connectivity index is 4.01. The third-order valence-corrected chi connectivity index (χ3v) is 2.26. The summed E-state index contributed by atoms with van der Waals surface area (Å²) in [6.45, 7) is 7.71. The lowest BCUT2D eigenvalue weighted by Gasteiger charge is -2.14. The first kappa shape index (κ1) is 16.9. The molecule has 0 spiro atoms. The fourth-order valence-electron chi connectivity index (χ4n) is 1.41. The Bertz CT molecular complexity index is 251. The molecule has 0 rings (SSSR count). The topological polar surface area (TPSA) is 105 Å². The Morgan fingerprint density at radius 2 is 1.11 bits per heavy atom. The zero-order chi connectivity index (χ0) is 14.3. The van der Waals surface area contributed by atoms with Crippen LogP contribution < -0.4 is 11.5 Å². The highest BCUT2D eigenvalue weighted by atomic mass is 17.2. The van der Waals surface area contributed by atoms with Gasteiger partial charge in [0.1, 0.15) is 12.1 Å². The van der Waals surface area contributed by atoms with Crippen LogP contribution in [0, 0.1) is 11.8 Å². The molecular formula is C12H24N2O4. The lowest BCUT2D eigenvalue weighted by atomic mass is 10.1. The highest BCUT2D eigenvalue weighted by Gasteiger charge is 2.22. The second-order valence-electron chi connectivity index (χ2n) is 5.28. The van der Waals surface area contributed by atoms with Crippen LogP contribution in [0.5, 0.6) is 0 Å². The third kappa shape index (κ3) is 7.24. The molecule has 0 aromatic rings. The maximum absolute atomic E-state index is 11.4. The number of rotatable bonds is 6. The average Bonchev–Trinajstić information content (AvgIpc) is 2.23. The highest BCUT2D eigenvalue weighted by molar-refractivity contribution is 5.78. The van der Waals surface area contributed by atoms with Crippen LogP contribution in [0.15, 0.2) is 0 Å². The molecule has 6 heteroatoms. The molecule has 0 unspecified atom stereocenters. The smallest absolute Gasteiger partial charge is 0.318 e. The minimum Gasteiger partial charge on any atom is -0.318 e. The molecule has 0 radical (unpaired) electrons. The van der Waals surface area contributed by atoms with E-state index in [9.17, 15) is 9.59 Å². The molecule has 0 amide bonds. The van der Waals surface area contributed by atoms with Gasteiger partial charge in [0.25, 0.3) is 0 Å². The van der Waals surface area contributed by atoms with Crippen LogP contribution in [-0.2, 0) is 19.4 Å². The van der Waals surface area contributed by atoms with E-state index in [-0.39, 0.29) is 11.8 Å². The van der Waals surface area contributed by atoms with Gasteiger partial charge in [-0.1, -0.05) is 27.7 Å². The Morgan fingerprint density at radius 3 is 1.33 bits per heavy atom. The number of hydrogen-bond donors (Lipinski definition) is 2. The van der Waals surface area contributed by atoms with Gasteiger partial charge in [-0.2, -0.15) is 0 Å². The van der Waals surface area contributed by atoms with Crippen LogP contribution in [0.3, 0.4) is 0 Å². The normalized spacial score (nSPS) is 14.4. The molecule has 2 atom stereocenters. The zero-order valence-electron chi connectivity index (χ0n) is 11.5. The van der Waals surface area contributed by atoms with E-state index in [1.165, 1.54) is 0 Å². The molecule has 4 N–H and O–H groups in total. The minimum atomic E-state index is -0.792. The van der Waals surface area contributed by atoms with E-state index in [0.717, 1.165) is 0 Å². The van der Waals surface area contributed by atoms with Gasteiger partial charge in [-0.3, -0.25) is 0 Å². The van der Waals surface area contributed by atoms with Gasteiger partial charge in [0.05, 0.1) is 0 Å². The predicted octanol–water partition coefficient (Wildman–Crippen LogP) is 0.735. The molecule has 0 aliphatic rings. The van der Waals surface area contributed by atoms with Crippen molar-refractivity contribution in [1.82, 2.24) is 0 Å². The third-order valence-electron chi connectivity index (χ3n) is 2.26. The molecule has 0 saturated carbocycles. The molecule has 0 aliphatic carbocycles. The van der Waals surface area contributed by atoms with Crippen molar-refractivity contribution in [2.24, 2.45) is 23.3 Å². The van der Waals surface area contributed by atoms with Gasteiger partial charge in [-0.05, 0) is 24.7 Å². The summed E-state index contributed by atoms with van der Waals surface area (Å²) < 4.78 is 0. The summed E-state index contributed by atoms with van der Waals surface area (Å²) in [5.41, 5.74) is 11.1. The molecular weight excluding hydrogens is 236 g/mol. The van der Waals surface area contributed by atoms with E-state index >= 15 is 0 Å². The molecule has 0 aromatic heterocycles. The van der Waals surface area contributed by atoms with Crippen molar-refractivity contribution in [2.45, 2.75) is 52.6 Å². The standard InChI is InChI=1S/C12H24N2O4/c1-7(2)5-9(13)11(15)17-18-12(16)10(14)6-8(3)4/h7-10H,5-6,13-14H2,1-4H3/t9-,10-/m0/s1. The number of carbonyl (C=O) groups is 2. The number of nitrogens with two attached hydrogens (primary N) is 2. The second-order valence-corrected chi connectivity index (χ2v) is 5.28.